The topological polar surface area (TPSA) is 55.8 Å². The van der Waals surface area contributed by atoms with Gasteiger partial charge in [0.05, 0.1) is 0 Å². The van der Waals surface area contributed by atoms with Gasteiger partial charge in [0.25, 0.3) is 0 Å². The summed E-state index contributed by atoms with van der Waals surface area (Å²) in [4.78, 5) is 25.4. The highest BCUT2D eigenvalue weighted by molar-refractivity contribution is 5.68. The first-order valence-electron chi connectivity index (χ1n) is 9.71. The van der Waals surface area contributed by atoms with Crippen LogP contribution >= 0.6 is 0 Å². The summed E-state index contributed by atoms with van der Waals surface area (Å²) in [5, 5.41) is 0. The molecule has 0 bridgehead atoms. The van der Waals surface area contributed by atoms with Gasteiger partial charge in [-0.05, 0) is 35.4 Å². The standard InChI is InChI=1S/C23H27NO4/c1-17-12-13-24(23(26)28-16-20-6-4-3-5-7-20)22(17)14-19-8-10-21(11-9-19)15-27-18(2)25/h3-11,17,22H,12-16H2,1-2H3/t17-,22+/m1/s1. The minimum atomic E-state index is -0.284. The molecule has 2 aromatic rings. The summed E-state index contributed by atoms with van der Waals surface area (Å²) in [7, 11) is 0. The van der Waals surface area contributed by atoms with E-state index < -0.39 is 0 Å². The third-order valence-corrected chi connectivity index (χ3v) is 5.23. The van der Waals surface area contributed by atoms with Crippen molar-refractivity contribution in [2.24, 2.45) is 5.92 Å². The highest BCUT2D eigenvalue weighted by Gasteiger charge is 2.35. The largest absolute Gasteiger partial charge is 0.461 e. The van der Waals surface area contributed by atoms with Gasteiger partial charge in [-0.3, -0.25) is 4.79 Å². The van der Waals surface area contributed by atoms with E-state index >= 15 is 0 Å². The molecule has 28 heavy (non-hydrogen) atoms. The van der Waals surface area contributed by atoms with Crippen LogP contribution in [0.15, 0.2) is 54.6 Å². The van der Waals surface area contributed by atoms with Gasteiger partial charge < -0.3 is 14.4 Å². The summed E-state index contributed by atoms with van der Waals surface area (Å²) in [5.74, 6) is 0.138. The lowest BCUT2D eigenvalue weighted by molar-refractivity contribution is -0.142. The number of carbonyl (C=O) groups is 2. The number of nitrogens with zero attached hydrogens (tertiary/aromatic N) is 1. The molecule has 0 unspecified atom stereocenters. The van der Waals surface area contributed by atoms with E-state index in [-0.39, 0.29) is 24.7 Å². The van der Waals surface area contributed by atoms with Gasteiger partial charge in [0.1, 0.15) is 13.2 Å². The Balaban J connectivity index is 1.58. The second kappa shape index (κ2) is 9.40. The lowest BCUT2D eigenvalue weighted by atomic mass is 9.95. The van der Waals surface area contributed by atoms with Crippen LogP contribution in [-0.4, -0.2) is 29.5 Å². The van der Waals surface area contributed by atoms with Crippen molar-refractivity contribution >= 4 is 12.1 Å². The van der Waals surface area contributed by atoms with E-state index in [0.717, 1.165) is 36.1 Å². The van der Waals surface area contributed by atoms with Crippen molar-refractivity contribution in [3.05, 3.63) is 71.3 Å². The Morgan fingerprint density at radius 2 is 1.54 bits per heavy atom. The van der Waals surface area contributed by atoms with Gasteiger partial charge in [0.15, 0.2) is 0 Å². The molecule has 2 atom stereocenters. The fraction of sp³-hybridized carbons (Fsp3) is 0.391. The Hall–Kier alpha value is -2.82. The van der Waals surface area contributed by atoms with Gasteiger partial charge in [-0.2, -0.15) is 0 Å². The first-order valence-corrected chi connectivity index (χ1v) is 9.71. The lowest BCUT2D eigenvalue weighted by Gasteiger charge is -2.26. The number of rotatable bonds is 6. The molecule has 2 aromatic carbocycles. The molecule has 1 aliphatic heterocycles. The fourth-order valence-electron chi connectivity index (χ4n) is 3.55. The molecule has 1 heterocycles. The van der Waals surface area contributed by atoms with E-state index in [0.29, 0.717) is 12.5 Å². The van der Waals surface area contributed by atoms with Crippen molar-refractivity contribution in [3.63, 3.8) is 0 Å². The Morgan fingerprint density at radius 1 is 0.929 bits per heavy atom. The van der Waals surface area contributed by atoms with Crippen LogP contribution < -0.4 is 0 Å². The number of esters is 1. The molecule has 1 fully saturated rings. The summed E-state index contributed by atoms with van der Waals surface area (Å²) in [5.41, 5.74) is 3.10. The van der Waals surface area contributed by atoms with E-state index in [4.69, 9.17) is 9.47 Å². The smallest absolute Gasteiger partial charge is 0.410 e. The molecular weight excluding hydrogens is 354 g/mol. The van der Waals surface area contributed by atoms with Crippen LogP contribution in [0.2, 0.25) is 0 Å². The van der Waals surface area contributed by atoms with Crippen LogP contribution in [0.3, 0.4) is 0 Å². The highest BCUT2D eigenvalue weighted by Crippen LogP contribution is 2.28. The average molecular weight is 381 g/mol. The molecule has 1 aliphatic rings. The quantitative estimate of drug-likeness (QED) is 0.699. The molecule has 1 amide bonds. The second-order valence-electron chi connectivity index (χ2n) is 7.37. The Kier molecular flexibility index (Phi) is 6.69. The van der Waals surface area contributed by atoms with Crippen molar-refractivity contribution in [1.82, 2.24) is 4.90 Å². The minimum Gasteiger partial charge on any atom is -0.461 e. The number of amides is 1. The maximum absolute atomic E-state index is 12.6. The molecule has 5 heteroatoms. The zero-order valence-corrected chi connectivity index (χ0v) is 16.5. The van der Waals surface area contributed by atoms with Crippen LogP contribution in [0.25, 0.3) is 0 Å². The first kappa shape index (κ1) is 19.9. The molecule has 1 saturated heterocycles. The van der Waals surface area contributed by atoms with Gasteiger partial charge in [-0.25, -0.2) is 4.79 Å². The Bertz CT molecular complexity index is 788. The Morgan fingerprint density at radius 3 is 2.21 bits per heavy atom. The normalized spacial score (nSPS) is 18.7. The van der Waals surface area contributed by atoms with E-state index in [1.54, 1.807) is 0 Å². The summed E-state index contributed by atoms with van der Waals surface area (Å²) in [6.45, 7) is 4.89. The maximum atomic E-state index is 12.6. The Labute approximate surface area is 166 Å². The summed E-state index contributed by atoms with van der Waals surface area (Å²) in [6.07, 6.45) is 1.52. The van der Waals surface area contributed by atoms with Crippen LogP contribution in [0, 0.1) is 5.92 Å². The minimum absolute atomic E-state index is 0.127. The fourth-order valence-corrected chi connectivity index (χ4v) is 3.55. The number of ether oxygens (including phenoxy) is 2. The monoisotopic (exact) mass is 381 g/mol. The van der Waals surface area contributed by atoms with Gasteiger partial charge >= 0.3 is 12.1 Å². The molecule has 0 aromatic heterocycles. The van der Waals surface area contributed by atoms with Gasteiger partial charge in [0, 0.05) is 19.5 Å². The zero-order chi connectivity index (χ0) is 19.9. The van der Waals surface area contributed by atoms with Crippen molar-refractivity contribution in [2.75, 3.05) is 6.54 Å². The van der Waals surface area contributed by atoms with Crippen molar-refractivity contribution < 1.29 is 19.1 Å². The molecule has 0 radical (unpaired) electrons. The first-order chi connectivity index (χ1) is 13.5. The molecule has 3 rings (SSSR count). The third kappa shape index (κ3) is 5.35. The summed E-state index contributed by atoms with van der Waals surface area (Å²) < 4.78 is 10.6. The highest BCUT2D eigenvalue weighted by atomic mass is 16.6. The van der Waals surface area contributed by atoms with Crippen LogP contribution in [0.1, 0.15) is 37.0 Å². The molecule has 0 saturated carbocycles. The van der Waals surface area contributed by atoms with Crippen molar-refractivity contribution in [1.29, 1.82) is 0 Å². The average Bonchev–Trinajstić information content (AvgIpc) is 3.07. The molecule has 0 N–H and O–H groups in total. The van der Waals surface area contributed by atoms with Crippen LogP contribution in [0.4, 0.5) is 4.79 Å². The van der Waals surface area contributed by atoms with E-state index in [9.17, 15) is 9.59 Å². The van der Waals surface area contributed by atoms with Gasteiger partial charge in [0.2, 0.25) is 0 Å². The van der Waals surface area contributed by atoms with E-state index in [1.165, 1.54) is 6.92 Å². The maximum Gasteiger partial charge on any atom is 0.410 e. The zero-order valence-electron chi connectivity index (χ0n) is 16.5. The molecule has 0 aliphatic carbocycles. The van der Waals surface area contributed by atoms with Crippen molar-refractivity contribution in [2.45, 2.75) is 45.9 Å². The predicted molar refractivity (Wildman–Crippen MR) is 107 cm³/mol. The van der Waals surface area contributed by atoms with E-state index in [1.807, 2.05) is 59.5 Å². The summed E-state index contributed by atoms with van der Waals surface area (Å²) in [6, 6.07) is 17.9. The molecule has 5 nitrogen and oxygen atoms in total. The van der Waals surface area contributed by atoms with Gasteiger partial charge in [-0.1, -0.05) is 61.5 Å². The number of carbonyl (C=O) groups excluding carboxylic acids is 2. The predicted octanol–water partition coefficient (Wildman–Crippen LogP) is 4.34. The number of hydrogen-bond acceptors (Lipinski definition) is 4. The lowest BCUT2D eigenvalue weighted by Crippen LogP contribution is -2.39. The number of hydrogen-bond donors (Lipinski definition) is 0. The molecular formula is C23H27NO4. The molecule has 148 valence electrons. The van der Waals surface area contributed by atoms with Crippen LogP contribution in [-0.2, 0) is 33.9 Å². The number of benzene rings is 2. The van der Waals surface area contributed by atoms with Gasteiger partial charge in [-0.15, -0.1) is 0 Å². The van der Waals surface area contributed by atoms with Crippen molar-refractivity contribution in [3.8, 4) is 0 Å². The van der Waals surface area contributed by atoms with E-state index in [2.05, 4.69) is 6.92 Å². The SMILES string of the molecule is CC(=O)OCc1ccc(C[C@H]2[C@H](C)CCN2C(=O)OCc2ccccc2)cc1. The van der Waals surface area contributed by atoms with Crippen LogP contribution in [0.5, 0.6) is 0 Å². The number of likely N-dealkylation sites (tertiary alicyclic amines) is 1. The molecule has 0 spiro atoms. The summed E-state index contributed by atoms with van der Waals surface area (Å²) >= 11 is 0. The second-order valence-corrected chi connectivity index (χ2v) is 7.37. The third-order valence-electron chi connectivity index (χ3n) is 5.23.